The predicted molar refractivity (Wildman–Crippen MR) is 86.4 cm³/mol. The fraction of sp³-hybridized carbons (Fsp3) is 0.500. The molecule has 1 aromatic carbocycles. The molecular formula is C16H21ClN2O4. The van der Waals surface area contributed by atoms with Crippen molar-refractivity contribution in [1.82, 2.24) is 10.2 Å². The zero-order chi connectivity index (χ0) is 17.2. The Balaban J connectivity index is 1.92. The summed E-state index contributed by atoms with van der Waals surface area (Å²) in [5, 5.41) is 13.3. The monoisotopic (exact) mass is 340 g/mol. The van der Waals surface area contributed by atoms with Crippen LogP contribution in [0.1, 0.15) is 20.8 Å². The number of ether oxygens (including phenoxy) is 1. The quantitative estimate of drug-likeness (QED) is 0.777. The van der Waals surface area contributed by atoms with Crippen molar-refractivity contribution in [2.45, 2.75) is 32.4 Å². The first-order valence-electron chi connectivity index (χ1n) is 7.44. The highest BCUT2D eigenvalue weighted by atomic mass is 35.5. The van der Waals surface area contributed by atoms with Crippen molar-refractivity contribution < 1.29 is 19.4 Å². The number of β-amino-alcohol motifs (C(OH)–C–C–N with tert-alkyl or cyclic N) is 1. The number of halogens is 1. The van der Waals surface area contributed by atoms with Gasteiger partial charge in [0.05, 0.1) is 6.54 Å². The van der Waals surface area contributed by atoms with Gasteiger partial charge in [-0.2, -0.15) is 0 Å². The van der Waals surface area contributed by atoms with Crippen molar-refractivity contribution in [3.05, 3.63) is 29.3 Å². The zero-order valence-electron chi connectivity index (χ0n) is 13.4. The van der Waals surface area contributed by atoms with E-state index < -0.39 is 17.7 Å². The van der Waals surface area contributed by atoms with E-state index in [1.54, 1.807) is 31.2 Å². The maximum atomic E-state index is 12.4. The Morgan fingerprint density at radius 3 is 2.43 bits per heavy atom. The summed E-state index contributed by atoms with van der Waals surface area (Å²) >= 11 is 5.78. The van der Waals surface area contributed by atoms with Gasteiger partial charge in [-0.05, 0) is 37.1 Å². The number of benzene rings is 1. The Labute approximate surface area is 140 Å². The highest BCUT2D eigenvalue weighted by Crippen LogP contribution is 2.25. The number of aliphatic hydroxyl groups is 1. The maximum Gasteiger partial charge on any atom is 0.325 e. The summed E-state index contributed by atoms with van der Waals surface area (Å²) in [5.41, 5.74) is -0.937. The topological polar surface area (TPSA) is 78.9 Å². The maximum absolute atomic E-state index is 12.4. The van der Waals surface area contributed by atoms with Gasteiger partial charge in [0.25, 0.3) is 5.91 Å². The van der Waals surface area contributed by atoms with Gasteiger partial charge in [0, 0.05) is 5.02 Å². The summed E-state index contributed by atoms with van der Waals surface area (Å²) in [6.45, 7) is 5.27. The lowest BCUT2D eigenvalue weighted by Crippen LogP contribution is -2.49. The van der Waals surface area contributed by atoms with Crippen LogP contribution in [0.15, 0.2) is 24.3 Å². The first-order valence-corrected chi connectivity index (χ1v) is 7.82. The molecule has 6 nitrogen and oxygen atoms in total. The van der Waals surface area contributed by atoms with Crippen LogP contribution in [0.3, 0.4) is 0 Å². The summed E-state index contributed by atoms with van der Waals surface area (Å²) in [4.78, 5) is 25.4. The summed E-state index contributed by atoms with van der Waals surface area (Å²) < 4.78 is 5.42. The molecule has 0 aliphatic carbocycles. The number of nitrogens with one attached hydrogen (secondary N) is 1. The number of urea groups is 1. The Bertz CT molecular complexity index is 590. The lowest BCUT2D eigenvalue weighted by Gasteiger charge is -2.26. The normalized spacial score (nSPS) is 22.4. The number of carbonyl (C=O) groups excluding carboxylic acids is 2. The van der Waals surface area contributed by atoms with Crippen LogP contribution < -0.4 is 10.1 Å². The molecule has 0 spiro atoms. The third-order valence-electron chi connectivity index (χ3n) is 4.11. The van der Waals surface area contributed by atoms with Crippen molar-refractivity contribution in [2.75, 3.05) is 13.2 Å². The number of hydrogen-bond acceptors (Lipinski definition) is 4. The molecule has 3 amide bonds. The molecule has 0 saturated carbocycles. The van der Waals surface area contributed by atoms with E-state index >= 15 is 0 Å². The van der Waals surface area contributed by atoms with Gasteiger partial charge in [-0.3, -0.25) is 9.69 Å². The first kappa shape index (κ1) is 17.6. The Kier molecular flexibility index (Phi) is 5.16. The minimum atomic E-state index is -0.977. The average molecular weight is 341 g/mol. The molecule has 1 saturated heterocycles. The largest absolute Gasteiger partial charge is 0.491 e. The predicted octanol–water partition coefficient (Wildman–Crippen LogP) is 2.05. The van der Waals surface area contributed by atoms with E-state index in [2.05, 4.69) is 5.32 Å². The molecule has 2 atom stereocenters. The van der Waals surface area contributed by atoms with Crippen LogP contribution in [-0.4, -0.2) is 46.7 Å². The van der Waals surface area contributed by atoms with Crippen LogP contribution in [-0.2, 0) is 4.79 Å². The highest BCUT2D eigenvalue weighted by molar-refractivity contribution is 6.30. The zero-order valence-corrected chi connectivity index (χ0v) is 14.1. The van der Waals surface area contributed by atoms with Crippen LogP contribution in [0.4, 0.5) is 4.79 Å². The second kappa shape index (κ2) is 6.76. The average Bonchev–Trinajstić information content (AvgIpc) is 2.71. The molecule has 2 rings (SSSR count). The highest BCUT2D eigenvalue weighted by Gasteiger charge is 2.49. The fourth-order valence-electron chi connectivity index (χ4n) is 2.26. The molecule has 1 aliphatic heterocycles. The van der Waals surface area contributed by atoms with E-state index in [-0.39, 0.29) is 25.0 Å². The van der Waals surface area contributed by atoms with Crippen molar-refractivity contribution >= 4 is 23.5 Å². The molecule has 0 aromatic heterocycles. The van der Waals surface area contributed by atoms with Crippen molar-refractivity contribution in [3.63, 3.8) is 0 Å². The van der Waals surface area contributed by atoms with Crippen molar-refractivity contribution in [2.24, 2.45) is 5.92 Å². The van der Waals surface area contributed by atoms with E-state index in [0.29, 0.717) is 10.8 Å². The first-order chi connectivity index (χ1) is 10.7. The molecule has 0 radical (unpaired) electrons. The molecule has 7 heteroatoms. The standard InChI is InChI=1S/C16H21ClN2O4/c1-10(2)16(3)14(21)19(15(22)18-16)8-12(20)9-23-13-6-4-11(17)5-7-13/h4-7,10,12,20H,8-9H2,1-3H3,(H,18,22)/t12-,16+/m1/s1. The SMILES string of the molecule is CC(C)[C@]1(C)NC(=O)N(C[C@@H](O)COc2ccc(Cl)cc2)C1=O. The Hall–Kier alpha value is -1.79. The molecular weight excluding hydrogens is 320 g/mol. The van der Waals surface area contributed by atoms with Gasteiger partial charge in [0.2, 0.25) is 0 Å². The summed E-state index contributed by atoms with van der Waals surface area (Å²) in [7, 11) is 0. The summed E-state index contributed by atoms with van der Waals surface area (Å²) in [6, 6.07) is 6.22. The van der Waals surface area contributed by atoms with Crippen LogP contribution in [0, 0.1) is 5.92 Å². The summed E-state index contributed by atoms with van der Waals surface area (Å²) in [5.74, 6) is 0.173. The number of amides is 3. The van der Waals surface area contributed by atoms with Crippen LogP contribution in [0.2, 0.25) is 5.02 Å². The molecule has 2 N–H and O–H groups in total. The van der Waals surface area contributed by atoms with E-state index in [1.165, 1.54) is 0 Å². The van der Waals surface area contributed by atoms with Crippen molar-refractivity contribution in [3.8, 4) is 5.75 Å². The second-order valence-electron chi connectivity index (χ2n) is 6.12. The molecule has 1 fully saturated rings. The van der Waals surface area contributed by atoms with Gasteiger partial charge >= 0.3 is 6.03 Å². The molecule has 126 valence electrons. The molecule has 1 aliphatic rings. The number of rotatable bonds is 6. The molecule has 1 heterocycles. The number of nitrogens with zero attached hydrogens (tertiary/aromatic N) is 1. The van der Waals surface area contributed by atoms with Gasteiger partial charge in [0.1, 0.15) is 24.0 Å². The minimum Gasteiger partial charge on any atom is -0.491 e. The molecule has 0 unspecified atom stereocenters. The molecule has 1 aromatic rings. The van der Waals surface area contributed by atoms with E-state index in [0.717, 1.165) is 4.90 Å². The Morgan fingerprint density at radius 1 is 1.30 bits per heavy atom. The number of imide groups is 1. The van der Waals surface area contributed by atoms with Gasteiger partial charge in [-0.15, -0.1) is 0 Å². The van der Waals surface area contributed by atoms with E-state index in [1.807, 2.05) is 13.8 Å². The second-order valence-corrected chi connectivity index (χ2v) is 6.56. The van der Waals surface area contributed by atoms with Crippen molar-refractivity contribution in [1.29, 1.82) is 0 Å². The van der Waals surface area contributed by atoms with E-state index in [9.17, 15) is 14.7 Å². The number of hydrogen-bond donors (Lipinski definition) is 2. The lowest BCUT2D eigenvalue weighted by atomic mass is 9.88. The Morgan fingerprint density at radius 2 is 1.91 bits per heavy atom. The third-order valence-corrected chi connectivity index (χ3v) is 4.36. The summed E-state index contributed by atoms with van der Waals surface area (Å²) in [6.07, 6.45) is -0.977. The molecule has 23 heavy (non-hydrogen) atoms. The number of carbonyl (C=O) groups is 2. The van der Waals surface area contributed by atoms with Gasteiger partial charge in [-0.25, -0.2) is 4.79 Å². The van der Waals surface area contributed by atoms with Gasteiger partial charge in [-0.1, -0.05) is 25.4 Å². The smallest absolute Gasteiger partial charge is 0.325 e. The minimum absolute atomic E-state index is 0.0307. The van der Waals surface area contributed by atoms with Crippen LogP contribution >= 0.6 is 11.6 Å². The lowest BCUT2D eigenvalue weighted by molar-refractivity contribution is -0.133. The van der Waals surface area contributed by atoms with Gasteiger partial charge in [0.15, 0.2) is 0 Å². The van der Waals surface area contributed by atoms with Crippen LogP contribution in [0.25, 0.3) is 0 Å². The third kappa shape index (κ3) is 3.76. The van der Waals surface area contributed by atoms with Crippen LogP contribution in [0.5, 0.6) is 5.75 Å². The molecule has 0 bridgehead atoms. The fourth-order valence-corrected chi connectivity index (χ4v) is 2.39. The van der Waals surface area contributed by atoms with E-state index in [4.69, 9.17) is 16.3 Å². The van der Waals surface area contributed by atoms with Gasteiger partial charge < -0.3 is 15.2 Å². The number of aliphatic hydroxyl groups excluding tert-OH is 1.